The van der Waals surface area contributed by atoms with Crippen molar-refractivity contribution in [3.8, 4) is 0 Å². The first-order valence-electron chi connectivity index (χ1n) is 7.21. The highest BCUT2D eigenvalue weighted by atomic mass is 19.1. The van der Waals surface area contributed by atoms with Gasteiger partial charge in [-0.25, -0.2) is 8.78 Å². The smallest absolute Gasteiger partial charge is 0.229 e. The Labute approximate surface area is 131 Å². The van der Waals surface area contributed by atoms with Crippen LogP contribution in [0.3, 0.4) is 0 Å². The Morgan fingerprint density at radius 3 is 2.83 bits per heavy atom. The third kappa shape index (κ3) is 3.21. The van der Waals surface area contributed by atoms with Gasteiger partial charge in [0.05, 0.1) is 29.9 Å². The molecule has 0 saturated carbocycles. The Morgan fingerprint density at radius 1 is 1.26 bits per heavy atom. The molecule has 3 rings (SSSR count). The van der Waals surface area contributed by atoms with Gasteiger partial charge in [0.25, 0.3) is 0 Å². The summed E-state index contributed by atoms with van der Waals surface area (Å²) in [4.78, 5) is 12.2. The zero-order chi connectivity index (χ0) is 16.4. The van der Waals surface area contributed by atoms with Gasteiger partial charge in [0.15, 0.2) is 0 Å². The van der Waals surface area contributed by atoms with Crippen LogP contribution in [0.1, 0.15) is 6.92 Å². The molecule has 1 heterocycles. The summed E-state index contributed by atoms with van der Waals surface area (Å²) < 4.78 is 28.2. The Morgan fingerprint density at radius 2 is 2.04 bits per heavy atom. The maximum absolute atomic E-state index is 13.6. The lowest BCUT2D eigenvalue weighted by Crippen LogP contribution is -2.25. The third-order valence-electron chi connectivity index (χ3n) is 3.63. The minimum absolute atomic E-state index is 0.0337. The van der Waals surface area contributed by atoms with E-state index in [9.17, 15) is 13.6 Å². The molecule has 1 amide bonds. The highest BCUT2D eigenvalue weighted by molar-refractivity contribution is 5.92. The summed E-state index contributed by atoms with van der Waals surface area (Å²) in [6.07, 6.45) is 1.74. The number of anilines is 1. The number of aromatic nitrogens is 2. The molecular formula is C17H15F2N3O. The lowest BCUT2D eigenvalue weighted by atomic mass is 10.1. The molecule has 1 atom stereocenters. The molecule has 0 saturated heterocycles. The van der Waals surface area contributed by atoms with Gasteiger partial charge in [-0.2, -0.15) is 5.10 Å². The first-order valence-corrected chi connectivity index (χ1v) is 7.21. The van der Waals surface area contributed by atoms with Gasteiger partial charge in [-0.05, 0) is 18.2 Å². The Kier molecular flexibility index (Phi) is 4.06. The average Bonchev–Trinajstić information content (AvgIpc) is 2.93. The largest absolute Gasteiger partial charge is 0.323 e. The standard InChI is InChI=1S/C17H15F2N3O/c1-11(10-22-16-5-3-2-4-12(16)9-20-22)17(23)21-15-7-6-13(18)8-14(15)19/h2-9,11H,10H2,1H3,(H,21,23). The fraction of sp³-hybridized carbons (Fsp3) is 0.176. The van der Waals surface area contributed by atoms with Crippen LogP contribution in [0.2, 0.25) is 0 Å². The van der Waals surface area contributed by atoms with E-state index in [-0.39, 0.29) is 11.6 Å². The fourth-order valence-corrected chi connectivity index (χ4v) is 2.36. The summed E-state index contributed by atoms with van der Waals surface area (Å²) in [6, 6.07) is 10.7. The number of para-hydroxylation sites is 1. The van der Waals surface area contributed by atoms with Gasteiger partial charge in [0.2, 0.25) is 5.91 Å². The topological polar surface area (TPSA) is 46.9 Å². The van der Waals surface area contributed by atoms with Crippen LogP contribution in [0.5, 0.6) is 0 Å². The van der Waals surface area contributed by atoms with Crippen molar-refractivity contribution in [1.82, 2.24) is 9.78 Å². The van der Waals surface area contributed by atoms with Crippen molar-refractivity contribution in [3.63, 3.8) is 0 Å². The molecule has 118 valence electrons. The number of nitrogens with zero attached hydrogens (tertiary/aromatic N) is 2. The molecule has 0 aliphatic heterocycles. The molecule has 23 heavy (non-hydrogen) atoms. The van der Waals surface area contributed by atoms with Crippen molar-refractivity contribution in [2.24, 2.45) is 5.92 Å². The van der Waals surface area contributed by atoms with Crippen LogP contribution in [-0.2, 0) is 11.3 Å². The molecule has 1 N–H and O–H groups in total. The van der Waals surface area contributed by atoms with E-state index in [1.54, 1.807) is 17.8 Å². The highest BCUT2D eigenvalue weighted by Crippen LogP contribution is 2.18. The summed E-state index contributed by atoms with van der Waals surface area (Å²) in [5.74, 6) is -2.26. The number of amides is 1. The molecule has 0 aliphatic rings. The van der Waals surface area contributed by atoms with Gasteiger partial charge in [-0.15, -0.1) is 0 Å². The summed E-state index contributed by atoms with van der Waals surface area (Å²) in [7, 11) is 0. The molecule has 6 heteroatoms. The number of rotatable bonds is 4. The second-order valence-electron chi connectivity index (χ2n) is 5.40. The average molecular weight is 315 g/mol. The number of hydrogen-bond donors (Lipinski definition) is 1. The number of carbonyl (C=O) groups is 1. The van der Waals surface area contributed by atoms with Crippen molar-refractivity contribution in [3.05, 3.63) is 60.3 Å². The normalized spacial score (nSPS) is 12.3. The third-order valence-corrected chi connectivity index (χ3v) is 3.63. The van der Waals surface area contributed by atoms with E-state index in [1.165, 1.54) is 6.07 Å². The maximum Gasteiger partial charge on any atom is 0.229 e. The second-order valence-corrected chi connectivity index (χ2v) is 5.40. The molecule has 0 bridgehead atoms. The van der Waals surface area contributed by atoms with E-state index in [4.69, 9.17) is 0 Å². The van der Waals surface area contributed by atoms with Gasteiger partial charge in [-0.1, -0.05) is 25.1 Å². The van der Waals surface area contributed by atoms with Crippen molar-refractivity contribution in [2.45, 2.75) is 13.5 Å². The Hall–Kier alpha value is -2.76. The fourth-order valence-electron chi connectivity index (χ4n) is 2.36. The van der Waals surface area contributed by atoms with Crippen LogP contribution >= 0.6 is 0 Å². The SMILES string of the molecule is CC(Cn1ncc2ccccc21)C(=O)Nc1ccc(F)cc1F. The number of hydrogen-bond acceptors (Lipinski definition) is 2. The molecule has 1 aromatic heterocycles. The Balaban J connectivity index is 1.72. The highest BCUT2D eigenvalue weighted by Gasteiger charge is 2.17. The maximum atomic E-state index is 13.6. The number of carbonyl (C=O) groups excluding carboxylic acids is 1. The predicted octanol–water partition coefficient (Wildman–Crippen LogP) is 3.59. The van der Waals surface area contributed by atoms with Gasteiger partial charge in [0, 0.05) is 11.5 Å². The van der Waals surface area contributed by atoms with Crippen LogP contribution in [0, 0.1) is 17.6 Å². The molecular weight excluding hydrogens is 300 g/mol. The van der Waals surface area contributed by atoms with Crippen LogP contribution in [-0.4, -0.2) is 15.7 Å². The zero-order valence-corrected chi connectivity index (χ0v) is 12.5. The first-order chi connectivity index (χ1) is 11.0. The molecule has 0 fully saturated rings. The van der Waals surface area contributed by atoms with Gasteiger partial charge < -0.3 is 5.32 Å². The molecule has 2 aromatic carbocycles. The zero-order valence-electron chi connectivity index (χ0n) is 12.5. The van der Waals surface area contributed by atoms with Crippen LogP contribution < -0.4 is 5.32 Å². The van der Waals surface area contributed by atoms with Gasteiger partial charge in [0.1, 0.15) is 11.6 Å². The van der Waals surface area contributed by atoms with Crippen molar-refractivity contribution in [2.75, 3.05) is 5.32 Å². The van der Waals surface area contributed by atoms with Crippen LogP contribution in [0.15, 0.2) is 48.7 Å². The van der Waals surface area contributed by atoms with Crippen molar-refractivity contribution >= 4 is 22.5 Å². The quantitative estimate of drug-likeness (QED) is 0.800. The first kappa shape index (κ1) is 15.1. The molecule has 0 radical (unpaired) electrons. The van der Waals surface area contributed by atoms with Crippen LogP contribution in [0.25, 0.3) is 10.9 Å². The summed E-state index contributed by atoms with van der Waals surface area (Å²) in [6.45, 7) is 2.09. The number of halogens is 2. The van der Waals surface area contributed by atoms with Crippen molar-refractivity contribution < 1.29 is 13.6 Å². The van der Waals surface area contributed by atoms with E-state index in [0.717, 1.165) is 23.0 Å². The lowest BCUT2D eigenvalue weighted by molar-refractivity contribution is -0.119. The van der Waals surface area contributed by atoms with E-state index in [0.29, 0.717) is 6.54 Å². The van der Waals surface area contributed by atoms with E-state index in [1.807, 2.05) is 24.3 Å². The molecule has 1 unspecified atom stereocenters. The predicted molar refractivity (Wildman–Crippen MR) is 83.9 cm³/mol. The minimum atomic E-state index is -0.796. The number of nitrogens with one attached hydrogen (secondary N) is 1. The number of benzene rings is 2. The van der Waals surface area contributed by atoms with Crippen LogP contribution in [0.4, 0.5) is 14.5 Å². The lowest BCUT2D eigenvalue weighted by Gasteiger charge is -2.13. The van der Waals surface area contributed by atoms with Gasteiger partial charge in [-0.3, -0.25) is 9.48 Å². The van der Waals surface area contributed by atoms with E-state index >= 15 is 0 Å². The number of fused-ring (bicyclic) bond motifs is 1. The summed E-state index contributed by atoms with van der Waals surface area (Å²) in [5.41, 5.74) is 0.897. The van der Waals surface area contributed by atoms with Gasteiger partial charge >= 0.3 is 0 Å². The summed E-state index contributed by atoms with van der Waals surface area (Å²) >= 11 is 0. The van der Waals surface area contributed by atoms with E-state index in [2.05, 4.69) is 10.4 Å². The minimum Gasteiger partial charge on any atom is -0.323 e. The Bertz CT molecular complexity index is 860. The monoisotopic (exact) mass is 315 g/mol. The summed E-state index contributed by atoms with van der Waals surface area (Å²) in [5, 5.41) is 7.73. The molecule has 3 aromatic rings. The van der Waals surface area contributed by atoms with Crippen molar-refractivity contribution in [1.29, 1.82) is 0 Å². The molecule has 0 aliphatic carbocycles. The second kappa shape index (κ2) is 6.16. The molecule has 0 spiro atoms. The van der Waals surface area contributed by atoms with E-state index < -0.39 is 17.6 Å². The molecule has 4 nitrogen and oxygen atoms in total.